The Balaban J connectivity index is 1.33. The lowest BCUT2D eigenvalue weighted by Gasteiger charge is -2.30. The molecule has 9 rings (SSSR count). The maximum absolute atomic E-state index is 2.47. The molecule has 0 bridgehead atoms. The fraction of sp³-hybridized carbons (Fsp3) is 0.0244. The van der Waals surface area contributed by atoms with Crippen LogP contribution in [0.2, 0.25) is 0 Å². The molecule has 0 heterocycles. The van der Waals surface area contributed by atoms with Crippen molar-refractivity contribution in [3.8, 4) is 22.3 Å². The molecule has 2 aliphatic rings. The van der Waals surface area contributed by atoms with E-state index in [2.05, 4.69) is 169 Å². The van der Waals surface area contributed by atoms with Crippen molar-refractivity contribution < 1.29 is 0 Å². The number of nitrogens with zero attached hydrogens (tertiary/aromatic N) is 1. The Morgan fingerprint density at radius 1 is 0.310 bits per heavy atom. The van der Waals surface area contributed by atoms with E-state index in [4.69, 9.17) is 0 Å². The molecule has 0 N–H and O–H groups in total. The number of hydrogen-bond donors (Lipinski definition) is 0. The molecular weight excluding hydrogens is 506 g/mol. The minimum Gasteiger partial charge on any atom is -0.310 e. The second-order valence-corrected chi connectivity index (χ2v) is 11.3. The SMILES string of the molecule is c1ccc(N(c2ccccc2)c2ccc3cc4c(cc3c2)C2(c3ccccc3-c3ccccc32)c2ccccc2-4)cc1. The van der Waals surface area contributed by atoms with Crippen LogP contribution < -0.4 is 4.90 Å². The van der Waals surface area contributed by atoms with Gasteiger partial charge >= 0.3 is 0 Å². The molecule has 7 aromatic rings. The van der Waals surface area contributed by atoms with Crippen LogP contribution in [-0.4, -0.2) is 0 Å². The van der Waals surface area contributed by atoms with E-state index in [-0.39, 0.29) is 5.41 Å². The highest BCUT2D eigenvalue weighted by Crippen LogP contribution is 2.63. The summed E-state index contributed by atoms with van der Waals surface area (Å²) in [7, 11) is 0. The minimum atomic E-state index is -0.331. The van der Waals surface area contributed by atoms with Crippen molar-refractivity contribution in [3.05, 3.63) is 186 Å². The van der Waals surface area contributed by atoms with E-state index in [0.717, 1.165) is 17.1 Å². The Hall–Kier alpha value is -5.40. The maximum atomic E-state index is 2.47. The van der Waals surface area contributed by atoms with Crippen LogP contribution in [0.25, 0.3) is 33.0 Å². The molecule has 0 saturated carbocycles. The lowest BCUT2D eigenvalue weighted by molar-refractivity contribution is 0.795. The van der Waals surface area contributed by atoms with Crippen LogP contribution in [0.5, 0.6) is 0 Å². The zero-order chi connectivity index (χ0) is 27.7. The smallest absolute Gasteiger partial charge is 0.0725 e. The summed E-state index contributed by atoms with van der Waals surface area (Å²) in [6.45, 7) is 0. The molecule has 0 radical (unpaired) electrons. The Bertz CT molecular complexity index is 2060. The van der Waals surface area contributed by atoms with E-state index in [9.17, 15) is 0 Å². The monoisotopic (exact) mass is 533 g/mol. The van der Waals surface area contributed by atoms with E-state index in [0.29, 0.717) is 0 Å². The second-order valence-electron chi connectivity index (χ2n) is 11.3. The van der Waals surface area contributed by atoms with Gasteiger partial charge in [-0.2, -0.15) is 0 Å². The van der Waals surface area contributed by atoms with E-state index >= 15 is 0 Å². The molecule has 0 fully saturated rings. The van der Waals surface area contributed by atoms with Crippen LogP contribution in [0.15, 0.2) is 164 Å². The van der Waals surface area contributed by atoms with Gasteiger partial charge in [0.1, 0.15) is 0 Å². The zero-order valence-electron chi connectivity index (χ0n) is 23.0. The number of anilines is 3. The molecule has 1 nitrogen and oxygen atoms in total. The van der Waals surface area contributed by atoms with Crippen molar-refractivity contribution >= 4 is 27.8 Å². The van der Waals surface area contributed by atoms with Gasteiger partial charge in [-0.25, -0.2) is 0 Å². The lowest BCUT2D eigenvalue weighted by atomic mass is 9.70. The summed E-state index contributed by atoms with van der Waals surface area (Å²) in [5, 5.41) is 2.50. The summed E-state index contributed by atoms with van der Waals surface area (Å²) in [5.41, 5.74) is 14.0. The van der Waals surface area contributed by atoms with Crippen molar-refractivity contribution in [2.75, 3.05) is 4.90 Å². The van der Waals surface area contributed by atoms with Crippen LogP contribution in [0.3, 0.4) is 0 Å². The third-order valence-corrected chi connectivity index (χ3v) is 9.22. The van der Waals surface area contributed by atoms with Gasteiger partial charge in [-0.1, -0.05) is 115 Å². The molecule has 0 amide bonds. The molecule has 0 aromatic heterocycles. The molecule has 0 aliphatic heterocycles. The van der Waals surface area contributed by atoms with Crippen LogP contribution >= 0.6 is 0 Å². The van der Waals surface area contributed by atoms with E-state index in [1.807, 2.05) is 0 Å². The molecule has 196 valence electrons. The van der Waals surface area contributed by atoms with Crippen molar-refractivity contribution in [2.45, 2.75) is 5.41 Å². The standard InChI is InChI=1S/C41H27N/c1-3-13-30(14-4-1)42(31-15-5-2-6-16-31)32-24-23-28-26-36-35-19-9-12-22-39(35)41(40(36)27-29(28)25-32)37-20-10-7-17-33(37)34-18-8-11-21-38(34)41/h1-27H. The van der Waals surface area contributed by atoms with Crippen molar-refractivity contribution in [1.82, 2.24) is 0 Å². The first kappa shape index (κ1) is 23.3. The van der Waals surface area contributed by atoms with Gasteiger partial charge in [0.25, 0.3) is 0 Å². The van der Waals surface area contributed by atoms with Gasteiger partial charge < -0.3 is 4.90 Å². The summed E-state index contributed by atoms with van der Waals surface area (Å²) >= 11 is 0. The summed E-state index contributed by atoms with van der Waals surface area (Å²) in [6, 6.07) is 60.1. The largest absolute Gasteiger partial charge is 0.310 e. The first-order chi connectivity index (χ1) is 20.8. The molecule has 1 spiro atoms. The molecule has 0 saturated heterocycles. The van der Waals surface area contributed by atoms with Gasteiger partial charge in [-0.15, -0.1) is 0 Å². The number of para-hydroxylation sites is 2. The average molecular weight is 534 g/mol. The van der Waals surface area contributed by atoms with Gasteiger partial charge in [0, 0.05) is 17.1 Å². The summed E-state index contributed by atoms with van der Waals surface area (Å²) < 4.78 is 0. The summed E-state index contributed by atoms with van der Waals surface area (Å²) in [5.74, 6) is 0. The van der Waals surface area contributed by atoms with Crippen LogP contribution in [0.1, 0.15) is 22.3 Å². The van der Waals surface area contributed by atoms with Crippen molar-refractivity contribution in [2.24, 2.45) is 0 Å². The van der Waals surface area contributed by atoms with E-state index in [1.54, 1.807) is 0 Å². The number of hydrogen-bond acceptors (Lipinski definition) is 1. The Morgan fingerprint density at radius 3 is 1.33 bits per heavy atom. The first-order valence-electron chi connectivity index (χ1n) is 14.6. The van der Waals surface area contributed by atoms with Gasteiger partial charge in [0.05, 0.1) is 5.41 Å². The molecular formula is C41H27N. The minimum absolute atomic E-state index is 0.331. The highest BCUT2D eigenvalue weighted by Gasteiger charge is 2.51. The first-order valence-corrected chi connectivity index (χ1v) is 14.6. The van der Waals surface area contributed by atoms with Crippen LogP contribution in [0.4, 0.5) is 17.1 Å². The number of rotatable bonds is 3. The summed E-state index contributed by atoms with van der Waals surface area (Å²) in [4.78, 5) is 2.34. The normalized spacial score (nSPS) is 13.4. The predicted octanol–water partition coefficient (Wildman–Crippen LogP) is 10.7. The fourth-order valence-corrected chi connectivity index (χ4v) is 7.56. The molecule has 7 aromatic carbocycles. The Kier molecular flexibility index (Phi) is 4.88. The zero-order valence-corrected chi connectivity index (χ0v) is 23.0. The van der Waals surface area contributed by atoms with Gasteiger partial charge in [-0.3, -0.25) is 0 Å². The molecule has 0 unspecified atom stereocenters. The highest BCUT2D eigenvalue weighted by molar-refractivity contribution is 6.01. The Labute approximate surface area is 246 Å². The van der Waals surface area contributed by atoms with Crippen molar-refractivity contribution in [1.29, 1.82) is 0 Å². The van der Waals surface area contributed by atoms with E-state index in [1.165, 1.54) is 55.3 Å². The van der Waals surface area contributed by atoms with E-state index < -0.39 is 0 Å². The topological polar surface area (TPSA) is 3.24 Å². The third-order valence-electron chi connectivity index (χ3n) is 9.22. The number of fused-ring (bicyclic) bond motifs is 11. The molecule has 1 heteroatoms. The quantitative estimate of drug-likeness (QED) is 0.218. The van der Waals surface area contributed by atoms with Gasteiger partial charge in [-0.05, 0) is 104 Å². The average Bonchev–Trinajstić information content (AvgIpc) is 3.52. The third kappa shape index (κ3) is 3.08. The van der Waals surface area contributed by atoms with Gasteiger partial charge in [0.15, 0.2) is 0 Å². The maximum Gasteiger partial charge on any atom is 0.0725 e. The molecule has 0 atom stereocenters. The van der Waals surface area contributed by atoms with Crippen molar-refractivity contribution in [3.63, 3.8) is 0 Å². The highest BCUT2D eigenvalue weighted by atomic mass is 15.1. The lowest BCUT2D eigenvalue weighted by Crippen LogP contribution is -2.25. The van der Waals surface area contributed by atoms with Gasteiger partial charge in [0.2, 0.25) is 0 Å². The number of benzene rings is 7. The summed E-state index contributed by atoms with van der Waals surface area (Å²) in [6.07, 6.45) is 0. The molecule has 2 aliphatic carbocycles. The van der Waals surface area contributed by atoms with Crippen LogP contribution in [0, 0.1) is 0 Å². The predicted molar refractivity (Wildman–Crippen MR) is 175 cm³/mol. The Morgan fingerprint density at radius 2 is 0.786 bits per heavy atom. The molecule has 42 heavy (non-hydrogen) atoms. The second kappa shape index (κ2) is 8.80. The van der Waals surface area contributed by atoms with Crippen LogP contribution in [-0.2, 0) is 5.41 Å². The fourth-order valence-electron chi connectivity index (χ4n) is 7.56.